The molecule has 0 saturated carbocycles. The van der Waals surface area contributed by atoms with Crippen molar-refractivity contribution >= 4 is 45.2 Å². The molecule has 100 valence electrons. The molecular weight excluding hydrogens is 338 g/mol. The average Bonchev–Trinajstić information content (AvgIpc) is 2.29. The third kappa shape index (κ3) is 4.80. The van der Waals surface area contributed by atoms with Crippen molar-refractivity contribution in [3.63, 3.8) is 0 Å². The second-order valence-corrected chi connectivity index (χ2v) is 6.43. The first-order valence-corrected chi connectivity index (χ1v) is 7.87. The summed E-state index contributed by atoms with van der Waals surface area (Å²) in [6.45, 7) is 1.88. The van der Waals surface area contributed by atoms with Crippen LogP contribution in [-0.2, 0) is 0 Å². The Morgan fingerprint density at radius 1 is 1.61 bits per heavy atom. The molecule has 1 atom stereocenters. The fourth-order valence-electron chi connectivity index (χ4n) is 1.40. The lowest BCUT2D eigenvalue weighted by Crippen LogP contribution is -2.42. The summed E-state index contributed by atoms with van der Waals surface area (Å²) in [5.74, 6) is 0.266. The Morgan fingerprint density at radius 2 is 2.28 bits per heavy atom. The Labute approximate surface area is 124 Å². The number of rotatable bonds is 5. The first-order chi connectivity index (χ1) is 8.35. The molecule has 0 aliphatic rings. The Hall–Kier alpha value is -0.230. The zero-order valence-electron chi connectivity index (χ0n) is 10.2. The minimum absolute atomic E-state index is 0.190. The molecule has 0 bridgehead atoms. The molecular formula is C12H15BrClNO2S. The number of hydrogen-bond acceptors (Lipinski definition) is 3. The van der Waals surface area contributed by atoms with Crippen LogP contribution in [0.3, 0.4) is 0 Å². The summed E-state index contributed by atoms with van der Waals surface area (Å²) in [4.78, 5) is 11.9. The van der Waals surface area contributed by atoms with E-state index < -0.39 is 5.60 Å². The summed E-state index contributed by atoms with van der Waals surface area (Å²) in [5, 5.41) is 13.0. The topological polar surface area (TPSA) is 49.3 Å². The number of aliphatic hydroxyl groups is 1. The molecule has 18 heavy (non-hydrogen) atoms. The molecule has 0 fully saturated rings. The highest BCUT2D eigenvalue weighted by atomic mass is 79.9. The van der Waals surface area contributed by atoms with Gasteiger partial charge in [0, 0.05) is 16.8 Å². The number of hydrogen-bond donors (Lipinski definition) is 2. The highest BCUT2D eigenvalue weighted by Gasteiger charge is 2.21. The van der Waals surface area contributed by atoms with Gasteiger partial charge in [-0.05, 0) is 31.4 Å². The van der Waals surface area contributed by atoms with E-state index >= 15 is 0 Å². The van der Waals surface area contributed by atoms with Gasteiger partial charge >= 0.3 is 0 Å². The SMILES string of the molecule is CSC[C@@](C)(O)CNC(=O)c1cc(Br)ccc1Cl. The summed E-state index contributed by atoms with van der Waals surface area (Å²) in [6, 6.07) is 5.07. The molecule has 3 nitrogen and oxygen atoms in total. The summed E-state index contributed by atoms with van der Waals surface area (Å²) >= 11 is 10.8. The molecule has 0 unspecified atom stereocenters. The van der Waals surface area contributed by atoms with Gasteiger partial charge in [-0.2, -0.15) is 11.8 Å². The predicted octanol–water partition coefficient (Wildman–Crippen LogP) is 2.95. The molecule has 0 heterocycles. The van der Waals surface area contributed by atoms with Gasteiger partial charge in [-0.3, -0.25) is 4.79 Å². The molecule has 0 spiro atoms. The highest BCUT2D eigenvalue weighted by molar-refractivity contribution is 9.10. The summed E-state index contributed by atoms with van der Waals surface area (Å²) in [7, 11) is 0. The highest BCUT2D eigenvalue weighted by Crippen LogP contribution is 2.21. The number of halogens is 2. The average molecular weight is 353 g/mol. The normalized spacial score (nSPS) is 14.1. The van der Waals surface area contributed by atoms with Crippen molar-refractivity contribution in [1.82, 2.24) is 5.32 Å². The predicted molar refractivity (Wildman–Crippen MR) is 80.5 cm³/mol. The third-order valence-corrected chi connectivity index (χ3v) is 3.99. The summed E-state index contributed by atoms with van der Waals surface area (Å²) in [5.41, 5.74) is -0.529. The van der Waals surface area contributed by atoms with Gasteiger partial charge in [0.15, 0.2) is 0 Å². The number of carbonyl (C=O) groups is 1. The lowest BCUT2D eigenvalue weighted by atomic mass is 10.1. The molecule has 1 amide bonds. The number of thioether (sulfide) groups is 1. The van der Waals surface area contributed by atoms with Crippen LogP contribution < -0.4 is 5.32 Å². The molecule has 1 aromatic carbocycles. The van der Waals surface area contributed by atoms with Crippen molar-refractivity contribution in [1.29, 1.82) is 0 Å². The first kappa shape index (κ1) is 15.8. The van der Waals surface area contributed by atoms with E-state index in [2.05, 4.69) is 21.2 Å². The number of nitrogens with one attached hydrogen (secondary N) is 1. The van der Waals surface area contributed by atoms with Gasteiger partial charge in [-0.1, -0.05) is 27.5 Å². The molecule has 2 N–H and O–H groups in total. The van der Waals surface area contributed by atoms with E-state index in [1.165, 1.54) is 11.8 Å². The molecule has 0 aliphatic heterocycles. The van der Waals surface area contributed by atoms with Crippen molar-refractivity contribution in [2.45, 2.75) is 12.5 Å². The van der Waals surface area contributed by atoms with Crippen molar-refractivity contribution in [2.75, 3.05) is 18.6 Å². The fraction of sp³-hybridized carbons (Fsp3) is 0.417. The standard InChI is InChI=1S/C12H15BrClNO2S/c1-12(17,7-18-2)6-15-11(16)9-5-8(13)3-4-10(9)14/h3-5,17H,6-7H2,1-2H3,(H,15,16)/t12-/m0/s1. The number of amides is 1. The lowest BCUT2D eigenvalue weighted by molar-refractivity contribution is 0.0725. The molecule has 0 aromatic heterocycles. The van der Waals surface area contributed by atoms with E-state index in [0.717, 1.165) is 4.47 Å². The maximum Gasteiger partial charge on any atom is 0.252 e. The number of carbonyl (C=O) groups excluding carboxylic acids is 1. The van der Waals surface area contributed by atoms with Crippen LogP contribution in [0.4, 0.5) is 0 Å². The van der Waals surface area contributed by atoms with Gasteiger partial charge in [0.2, 0.25) is 0 Å². The second kappa shape index (κ2) is 6.80. The van der Waals surface area contributed by atoms with E-state index in [4.69, 9.17) is 11.6 Å². The summed E-state index contributed by atoms with van der Waals surface area (Å²) < 4.78 is 0.785. The Kier molecular flexibility index (Phi) is 5.98. The molecule has 0 radical (unpaired) electrons. The Balaban J connectivity index is 2.69. The quantitative estimate of drug-likeness (QED) is 0.856. The Bertz CT molecular complexity index is 440. The van der Waals surface area contributed by atoms with Crippen LogP contribution in [0, 0.1) is 0 Å². The zero-order valence-corrected chi connectivity index (χ0v) is 13.3. The molecule has 0 aliphatic carbocycles. The van der Waals surface area contributed by atoms with Crippen molar-refractivity contribution in [3.05, 3.63) is 33.3 Å². The molecule has 1 aromatic rings. The van der Waals surface area contributed by atoms with Crippen LogP contribution in [-0.4, -0.2) is 35.2 Å². The zero-order chi connectivity index (χ0) is 13.8. The third-order valence-electron chi connectivity index (χ3n) is 2.26. The van der Waals surface area contributed by atoms with Crippen LogP contribution in [0.5, 0.6) is 0 Å². The molecule has 1 rings (SSSR count). The molecule has 6 heteroatoms. The van der Waals surface area contributed by atoms with Crippen LogP contribution in [0.25, 0.3) is 0 Å². The van der Waals surface area contributed by atoms with E-state index in [1.807, 2.05) is 6.26 Å². The minimum atomic E-state index is -0.923. The van der Waals surface area contributed by atoms with E-state index in [-0.39, 0.29) is 12.5 Å². The number of benzene rings is 1. The monoisotopic (exact) mass is 351 g/mol. The van der Waals surface area contributed by atoms with Crippen LogP contribution >= 0.6 is 39.3 Å². The van der Waals surface area contributed by atoms with E-state index in [1.54, 1.807) is 25.1 Å². The second-order valence-electron chi connectivity index (χ2n) is 4.24. The van der Waals surface area contributed by atoms with Crippen molar-refractivity contribution in [3.8, 4) is 0 Å². The van der Waals surface area contributed by atoms with Crippen molar-refractivity contribution in [2.24, 2.45) is 0 Å². The first-order valence-electron chi connectivity index (χ1n) is 5.30. The van der Waals surface area contributed by atoms with Gasteiger partial charge in [0.25, 0.3) is 5.91 Å². The lowest BCUT2D eigenvalue weighted by Gasteiger charge is -2.22. The van der Waals surface area contributed by atoms with Gasteiger partial charge < -0.3 is 10.4 Å². The minimum Gasteiger partial charge on any atom is -0.387 e. The van der Waals surface area contributed by atoms with Crippen molar-refractivity contribution < 1.29 is 9.90 Å². The van der Waals surface area contributed by atoms with Crippen LogP contribution in [0.15, 0.2) is 22.7 Å². The van der Waals surface area contributed by atoms with Gasteiger partial charge in [0.1, 0.15) is 0 Å². The Morgan fingerprint density at radius 3 is 2.89 bits per heavy atom. The fourth-order valence-corrected chi connectivity index (χ4v) is 2.69. The maximum atomic E-state index is 11.9. The van der Waals surface area contributed by atoms with E-state index in [0.29, 0.717) is 16.3 Å². The molecule has 0 saturated heterocycles. The largest absolute Gasteiger partial charge is 0.387 e. The van der Waals surface area contributed by atoms with Gasteiger partial charge in [-0.25, -0.2) is 0 Å². The van der Waals surface area contributed by atoms with Crippen LogP contribution in [0.1, 0.15) is 17.3 Å². The van der Waals surface area contributed by atoms with Gasteiger partial charge in [0.05, 0.1) is 16.2 Å². The van der Waals surface area contributed by atoms with Gasteiger partial charge in [-0.15, -0.1) is 0 Å². The van der Waals surface area contributed by atoms with E-state index in [9.17, 15) is 9.90 Å². The van der Waals surface area contributed by atoms with Crippen LogP contribution in [0.2, 0.25) is 5.02 Å². The summed E-state index contributed by atoms with van der Waals surface area (Å²) in [6.07, 6.45) is 1.90. The maximum absolute atomic E-state index is 11.9. The smallest absolute Gasteiger partial charge is 0.252 e.